The van der Waals surface area contributed by atoms with Gasteiger partial charge in [-0.15, -0.1) is 0 Å². The van der Waals surface area contributed by atoms with Crippen molar-refractivity contribution in [2.75, 3.05) is 0 Å². The fourth-order valence-electron chi connectivity index (χ4n) is 1.54. The normalized spacial score (nSPS) is 11.4. The van der Waals surface area contributed by atoms with Gasteiger partial charge in [-0.3, -0.25) is 4.79 Å². The van der Waals surface area contributed by atoms with Gasteiger partial charge in [-0.1, -0.05) is 18.2 Å². The molecule has 0 spiro atoms. The predicted octanol–water partition coefficient (Wildman–Crippen LogP) is 0.998. The van der Waals surface area contributed by atoms with Gasteiger partial charge in [-0.2, -0.15) is 0 Å². The molecule has 6 heteroatoms. The van der Waals surface area contributed by atoms with E-state index in [-0.39, 0.29) is 10.5 Å². The number of rotatable bonds is 2. The van der Waals surface area contributed by atoms with Crippen LogP contribution in [-0.4, -0.2) is 13.4 Å². The summed E-state index contributed by atoms with van der Waals surface area (Å²) in [7, 11) is -3.69. The van der Waals surface area contributed by atoms with E-state index in [9.17, 15) is 13.2 Å². The van der Waals surface area contributed by atoms with E-state index in [2.05, 4.69) is 4.98 Å². The van der Waals surface area contributed by atoms with E-state index >= 15 is 0 Å². The third-order valence-electron chi connectivity index (χ3n) is 2.60. The molecule has 0 saturated carbocycles. The zero-order valence-electron chi connectivity index (χ0n) is 9.67. The Balaban J connectivity index is 2.47. The first-order valence-electron chi connectivity index (χ1n) is 5.21. The molecule has 1 aromatic carbocycles. The molecule has 1 aromatic heterocycles. The lowest BCUT2D eigenvalue weighted by Gasteiger charge is -2.03. The largest absolute Gasteiger partial charge is 0.322 e. The van der Waals surface area contributed by atoms with E-state index in [0.717, 1.165) is 5.56 Å². The van der Waals surface area contributed by atoms with E-state index in [0.29, 0.717) is 11.3 Å². The van der Waals surface area contributed by atoms with Crippen LogP contribution >= 0.6 is 0 Å². The SMILES string of the molecule is Cc1ccc(-c2ccc(S(N)(=O)=O)cc2)[nH]c1=O. The first-order chi connectivity index (χ1) is 8.38. The second kappa shape index (κ2) is 4.40. The summed E-state index contributed by atoms with van der Waals surface area (Å²) in [6, 6.07) is 9.48. The molecule has 0 aliphatic carbocycles. The number of hydrogen-bond acceptors (Lipinski definition) is 3. The van der Waals surface area contributed by atoms with Crippen LogP contribution in [0.5, 0.6) is 0 Å². The van der Waals surface area contributed by atoms with Gasteiger partial charge in [-0.25, -0.2) is 13.6 Å². The maximum atomic E-state index is 11.5. The maximum absolute atomic E-state index is 11.5. The fourth-order valence-corrected chi connectivity index (χ4v) is 2.05. The van der Waals surface area contributed by atoms with Crippen molar-refractivity contribution >= 4 is 10.0 Å². The smallest absolute Gasteiger partial charge is 0.251 e. The highest BCUT2D eigenvalue weighted by molar-refractivity contribution is 7.89. The molecule has 1 heterocycles. The molecule has 18 heavy (non-hydrogen) atoms. The van der Waals surface area contributed by atoms with Crippen LogP contribution in [0, 0.1) is 6.92 Å². The number of aromatic amines is 1. The molecule has 0 fully saturated rings. The Labute approximate surface area is 104 Å². The number of H-pyrrole nitrogens is 1. The molecule has 2 rings (SSSR count). The number of nitrogens with two attached hydrogens (primary N) is 1. The van der Waals surface area contributed by atoms with E-state index in [4.69, 9.17) is 5.14 Å². The monoisotopic (exact) mass is 264 g/mol. The van der Waals surface area contributed by atoms with Crippen molar-refractivity contribution in [1.29, 1.82) is 0 Å². The highest BCUT2D eigenvalue weighted by Crippen LogP contribution is 2.18. The Kier molecular flexibility index (Phi) is 3.06. The van der Waals surface area contributed by atoms with Gasteiger partial charge in [0.25, 0.3) is 5.56 Å². The molecular formula is C12H12N2O3S. The Morgan fingerprint density at radius 2 is 1.67 bits per heavy atom. The summed E-state index contributed by atoms with van der Waals surface area (Å²) in [5.41, 5.74) is 1.81. The van der Waals surface area contributed by atoms with Gasteiger partial charge >= 0.3 is 0 Å². The number of benzene rings is 1. The van der Waals surface area contributed by atoms with Crippen molar-refractivity contribution < 1.29 is 8.42 Å². The second-order valence-electron chi connectivity index (χ2n) is 3.95. The standard InChI is InChI=1S/C12H12N2O3S/c1-8-2-7-11(14-12(8)15)9-3-5-10(6-4-9)18(13,16)17/h2-7H,1H3,(H,14,15)(H2,13,16,17). The lowest BCUT2D eigenvalue weighted by molar-refractivity contribution is 0.598. The summed E-state index contributed by atoms with van der Waals surface area (Å²) in [4.78, 5) is 14.2. The second-order valence-corrected chi connectivity index (χ2v) is 5.51. The molecule has 0 unspecified atom stereocenters. The van der Waals surface area contributed by atoms with Crippen LogP contribution < -0.4 is 10.7 Å². The third kappa shape index (κ3) is 2.49. The average Bonchev–Trinajstić information content (AvgIpc) is 2.32. The van der Waals surface area contributed by atoms with Crippen LogP contribution in [0.2, 0.25) is 0 Å². The molecule has 0 aliphatic rings. The molecule has 0 amide bonds. The Hall–Kier alpha value is -1.92. The van der Waals surface area contributed by atoms with E-state index in [1.165, 1.54) is 12.1 Å². The van der Waals surface area contributed by atoms with E-state index in [1.807, 2.05) is 0 Å². The number of primary sulfonamides is 1. The number of hydrogen-bond donors (Lipinski definition) is 2. The fraction of sp³-hybridized carbons (Fsp3) is 0.0833. The zero-order valence-corrected chi connectivity index (χ0v) is 10.5. The van der Waals surface area contributed by atoms with Crippen molar-refractivity contribution in [3.8, 4) is 11.3 Å². The van der Waals surface area contributed by atoms with Crippen molar-refractivity contribution in [2.45, 2.75) is 11.8 Å². The number of nitrogens with one attached hydrogen (secondary N) is 1. The highest BCUT2D eigenvalue weighted by Gasteiger charge is 2.07. The maximum Gasteiger partial charge on any atom is 0.251 e. The van der Waals surface area contributed by atoms with Crippen LogP contribution in [0.3, 0.4) is 0 Å². The topological polar surface area (TPSA) is 93.0 Å². The molecule has 94 valence electrons. The van der Waals surface area contributed by atoms with Crippen LogP contribution in [-0.2, 0) is 10.0 Å². The molecule has 0 atom stereocenters. The number of pyridine rings is 1. The first kappa shape index (κ1) is 12.5. The van der Waals surface area contributed by atoms with Crippen molar-refractivity contribution in [3.05, 3.63) is 52.3 Å². The minimum Gasteiger partial charge on any atom is -0.322 e. The summed E-state index contributed by atoms with van der Waals surface area (Å²) in [5.74, 6) is 0. The molecule has 5 nitrogen and oxygen atoms in total. The lowest BCUT2D eigenvalue weighted by atomic mass is 10.1. The van der Waals surface area contributed by atoms with Gasteiger partial charge in [0, 0.05) is 11.3 Å². The van der Waals surface area contributed by atoms with Crippen molar-refractivity contribution in [2.24, 2.45) is 5.14 Å². The molecule has 0 aliphatic heterocycles. The molecule has 2 aromatic rings. The van der Waals surface area contributed by atoms with Gasteiger partial charge in [0.05, 0.1) is 4.90 Å². The number of aromatic nitrogens is 1. The Morgan fingerprint density at radius 1 is 1.06 bits per heavy atom. The van der Waals surface area contributed by atoms with Gasteiger partial charge in [0.2, 0.25) is 10.0 Å². The van der Waals surface area contributed by atoms with Gasteiger partial charge in [0.1, 0.15) is 0 Å². The average molecular weight is 264 g/mol. The van der Waals surface area contributed by atoms with E-state index in [1.54, 1.807) is 31.2 Å². The third-order valence-corrected chi connectivity index (χ3v) is 3.53. The summed E-state index contributed by atoms with van der Waals surface area (Å²) in [6.45, 7) is 1.71. The highest BCUT2D eigenvalue weighted by atomic mass is 32.2. The van der Waals surface area contributed by atoms with Gasteiger partial charge in [0.15, 0.2) is 0 Å². The van der Waals surface area contributed by atoms with Crippen LogP contribution in [0.4, 0.5) is 0 Å². The molecular weight excluding hydrogens is 252 g/mol. The molecule has 3 N–H and O–H groups in total. The predicted molar refractivity (Wildman–Crippen MR) is 68.6 cm³/mol. The summed E-state index contributed by atoms with van der Waals surface area (Å²) in [5, 5.41) is 5.00. The molecule has 0 radical (unpaired) electrons. The number of aryl methyl sites for hydroxylation is 1. The van der Waals surface area contributed by atoms with Crippen molar-refractivity contribution in [1.82, 2.24) is 4.98 Å². The molecule has 0 saturated heterocycles. The minimum atomic E-state index is -3.69. The van der Waals surface area contributed by atoms with Crippen LogP contribution in [0.1, 0.15) is 5.56 Å². The van der Waals surface area contributed by atoms with Gasteiger partial charge < -0.3 is 4.98 Å². The molecule has 0 bridgehead atoms. The van der Waals surface area contributed by atoms with Crippen LogP contribution in [0.15, 0.2) is 46.1 Å². The quantitative estimate of drug-likeness (QED) is 0.847. The van der Waals surface area contributed by atoms with Crippen LogP contribution in [0.25, 0.3) is 11.3 Å². The first-order valence-corrected chi connectivity index (χ1v) is 6.76. The minimum absolute atomic E-state index is 0.0423. The summed E-state index contributed by atoms with van der Waals surface area (Å²) in [6.07, 6.45) is 0. The summed E-state index contributed by atoms with van der Waals surface area (Å²) < 4.78 is 22.2. The lowest BCUT2D eigenvalue weighted by Crippen LogP contribution is -2.12. The zero-order chi connectivity index (χ0) is 13.3. The van der Waals surface area contributed by atoms with E-state index < -0.39 is 10.0 Å². The Morgan fingerprint density at radius 3 is 2.17 bits per heavy atom. The van der Waals surface area contributed by atoms with Gasteiger partial charge in [-0.05, 0) is 30.7 Å². The number of sulfonamides is 1. The van der Waals surface area contributed by atoms with Crippen molar-refractivity contribution in [3.63, 3.8) is 0 Å². The summed E-state index contributed by atoms with van der Waals surface area (Å²) >= 11 is 0. The Bertz CT molecular complexity index is 731.